The Labute approximate surface area is 178 Å². The van der Waals surface area contributed by atoms with Gasteiger partial charge in [-0.15, -0.1) is 0 Å². The highest BCUT2D eigenvalue weighted by Crippen LogP contribution is 2.28. The van der Waals surface area contributed by atoms with Crippen LogP contribution in [0.25, 0.3) is 0 Å². The molecule has 0 aliphatic carbocycles. The van der Waals surface area contributed by atoms with Gasteiger partial charge in [0.25, 0.3) is 0 Å². The van der Waals surface area contributed by atoms with Gasteiger partial charge in [0, 0.05) is 18.9 Å². The van der Waals surface area contributed by atoms with E-state index in [0.717, 1.165) is 5.56 Å². The summed E-state index contributed by atoms with van der Waals surface area (Å²) in [5.74, 6) is 0.278. The maximum absolute atomic E-state index is 13.2. The van der Waals surface area contributed by atoms with Gasteiger partial charge in [0.15, 0.2) is 9.84 Å². The maximum Gasteiger partial charge on any atom is 0.240 e. The number of pyridine rings is 1. The van der Waals surface area contributed by atoms with Crippen LogP contribution < -0.4 is 4.72 Å². The molecule has 0 fully saturated rings. The number of sulfonamides is 1. The van der Waals surface area contributed by atoms with Crippen molar-refractivity contribution >= 4 is 19.9 Å². The lowest BCUT2D eigenvalue weighted by Crippen LogP contribution is -2.32. The summed E-state index contributed by atoms with van der Waals surface area (Å²) >= 11 is 0. The topological polar surface area (TPSA) is 93.2 Å². The molecule has 30 heavy (non-hydrogen) atoms. The van der Waals surface area contributed by atoms with Crippen molar-refractivity contribution in [1.29, 1.82) is 0 Å². The third-order valence-electron chi connectivity index (χ3n) is 4.82. The summed E-state index contributed by atoms with van der Waals surface area (Å²) < 4.78 is 54.5. The zero-order valence-electron chi connectivity index (χ0n) is 16.8. The third kappa shape index (κ3) is 4.95. The molecule has 2 aromatic carbocycles. The van der Waals surface area contributed by atoms with Gasteiger partial charge in [-0.2, -0.15) is 0 Å². The van der Waals surface area contributed by atoms with Gasteiger partial charge in [-0.3, -0.25) is 4.98 Å². The Morgan fingerprint density at radius 3 is 2.03 bits per heavy atom. The van der Waals surface area contributed by atoms with Crippen LogP contribution in [0.3, 0.4) is 0 Å². The molecule has 158 valence electrons. The largest absolute Gasteiger partial charge is 0.264 e. The van der Waals surface area contributed by atoms with Crippen LogP contribution in [0.15, 0.2) is 88.9 Å². The molecule has 3 aromatic rings. The second-order valence-corrected chi connectivity index (χ2v) is 11.1. The molecule has 0 amide bonds. The zero-order chi connectivity index (χ0) is 21.8. The standard InChI is InChI=1S/C22H24N2O4S2/c1-17(2)18-10-12-21(13-11-18)30(27,28)24-16-22(19-7-6-14-23-15-19)29(25,26)20-8-4-3-5-9-20/h3-15,17,22,24H,16H2,1-2H3. The van der Waals surface area contributed by atoms with E-state index in [9.17, 15) is 16.8 Å². The molecule has 3 rings (SSSR count). The number of nitrogens with zero attached hydrogens (tertiary/aromatic N) is 1. The maximum atomic E-state index is 13.2. The van der Waals surface area contributed by atoms with Gasteiger partial charge in [0.1, 0.15) is 5.25 Å². The second-order valence-electron chi connectivity index (χ2n) is 7.21. The van der Waals surface area contributed by atoms with E-state index in [4.69, 9.17) is 0 Å². The molecule has 1 heterocycles. The molecule has 6 nitrogen and oxygen atoms in total. The molecule has 0 aliphatic rings. The highest BCUT2D eigenvalue weighted by atomic mass is 32.2. The zero-order valence-corrected chi connectivity index (χ0v) is 18.4. The fourth-order valence-electron chi connectivity index (χ4n) is 3.05. The monoisotopic (exact) mass is 444 g/mol. The van der Waals surface area contributed by atoms with Crippen LogP contribution in [0.5, 0.6) is 0 Å². The Hall–Kier alpha value is -2.55. The molecule has 1 unspecified atom stereocenters. The summed E-state index contributed by atoms with van der Waals surface area (Å²) in [6.07, 6.45) is 2.98. The van der Waals surface area contributed by atoms with Crippen molar-refractivity contribution in [3.05, 3.63) is 90.3 Å². The first-order chi connectivity index (χ1) is 14.2. The van der Waals surface area contributed by atoms with E-state index in [0.29, 0.717) is 5.56 Å². The average molecular weight is 445 g/mol. The van der Waals surface area contributed by atoms with Crippen LogP contribution in [0.4, 0.5) is 0 Å². The number of rotatable bonds is 8. The molecule has 0 spiro atoms. The fraction of sp³-hybridized carbons (Fsp3) is 0.227. The van der Waals surface area contributed by atoms with E-state index in [1.54, 1.807) is 42.5 Å². The van der Waals surface area contributed by atoms with Crippen molar-refractivity contribution in [2.45, 2.75) is 34.8 Å². The lowest BCUT2D eigenvalue weighted by atomic mass is 10.0. The molecular weight excluding hydrogens is 420 g/mol. The molecule has 0 radical (unpaired) electrons. The lowest BCUT2D eigenvalue weighted by Gasteiger charge is -2.19. The van der Waals surface area contributed by atoms with Gasteiger partial charge in [0.2, 0.25) is 10.0 Å². The van der Waals surface area contributed by atoms with E-state index in [-0.39, 0.29) is 22.3 Å². The first-order valence-corrected chi connectivity index (χ1v) is 12.5. The van der Waals surface area contributed by atoms with Crippen molar-refractivity contribution < 1.29 is 16.8 Å². The number of sulfone groups is 1. The molecular formula is C22H24N2O4S2. The second kappa shape index (κ2) is 9.07. The van der Waals surface area contributed by atoms with Crippen molar-refractivity contribution in [3.63, 3.8) is 0 Å². The van der Waals surface area contributed by atoms with Gasteiger partial charge >= 0.3 is 0 Å². The van der Waals surface area contributed by atoms with E-state index in [2.05, 4.69) is 9.71 Å². The number of aromatic nitrogens is 1. The molecule has 1 aromatic heterocycles. The molecule has 1 N–H and O–H groups in total. The Morgan fingerprint density at radius 1 is 0.800 bits per heavy atom. The van der Waals surface area contributed by atoms with Crippen molar-refractivity contribution in [2.75, 3.05) is 6.54 Å². The van der Waals surface area contributed by atoms with E-state index >= 15 is 0 Å². The Balaban J connectivity index is 1.91. The number of hydrogen-bond acceptors (Lipinski definition) is 5. The Morgan fingerprint density at radius 2 is 1.47 bits per heavy atom. The first kappa shape index (κ1) is 22.1. The van der Waals surface area contributed by atoms with Crippen LogP contribution in [-0.2, 0) is 19.9 Å². The van der Waals surface area contributed by atoms with Gasteiger partial charge in [0.05, 0.1) is 9.79 Å². The van der Waals surface area contributed by atoms with Crippen molar-refractivity contribution in [2.24, 2.45) is 0 Å². The smallest absolute Gasteiger partial charge is 0.240 e. The van der Waals surface area contributed by atoms with E-state index < -0.39 is 25.1 Å². The van der Waals surface area contributed by atoms with Crippen LogP contribution >= 0.6 is 0 Å². The lowest BCUT2D eigenvalue weighted by molar-refractivity contribution is 0.568. The van der Waals surface area contributed by atoms with E-state index in [1.807, 2.05) is 13.8 Å². The molecule has 0 aliphatic heterocycles. The summed E-state index contributed by atoms with van der Waals surface area (Å²) in [6, 6.07) is 17.8. The highest BCUT2D eigenvalue weighted by Gasteiger charge is 2.31. The summed E-state index contributed by atoms with van der Waals surface area (Å²) in [4.78, 5) is 4.22. The Kier molecular flexibility index (Phi) is 6.70. The van der Waals surface area contributed by atoms with Crippen LogP contribution in [0, 0.1) is 0 Å². The van der Waals surface area contributed by atoms with Gasteiger partial charge < -0.3 is 0 Å². The van der Waals surface area contributed by atoms with Crippen LogP contribution in [-0.4, -0.2) is 28.4 Å². The van der Waals surface area contributed by atoms with Crippen LogP contribution in [0.1, 0.15) is 36.1 Å². The number of hydrogen-bond donors (Lipinski definition) is 1. The predicted molar refractivity (Wildman–Crippen MR) is 116 cm³/mol. The fourth-order valence-corrected chi connectivity index (χ4v) is 5.87. The minimum absolute atomic E-state index is 0.0916. The van der Waals surface area contributed by atoms with Gasteiger partial charge in [-0.05, 0) is 47.4 Å². The minimum atomic E-state index is -3.88. The third-order valence-corrected chi connectivity index (χ3v) is 8.37. The summed E-state index contributed by atoms with van der Waals surface area (Å²) in [5.41, 5.74) is 1.44. The normalized spacial score (nSPS) is 13.3. The quantitative estimate of drug-likeness (QED) is 0.572. The van der Waals surface area contributed by atoms with Crippen molar-refractivity contribution in [1.82, 2.24) is 9.71 Å². The van der Waals surface area contributed by atoms with E-state index in [1.165, 1.54) is 36.7 Å². The summed E-state index contributed by atoms with van der Waals surface area (Å²) in [7, 11) is -7.73. The minimum Gasteiger partial charge on any atom is -0.264 e. The molecule has 0 saturated carbocycles. The molecule has 0 bridgehead atoms. The molecule has 1 atom stereocenters. The van der Waals surface area contributed by atoms with Crippen LogP contribution in [0.2, 0.25) is 0 Å². The summed E-state index contributed by atoms with van der Waals surface area (Å²) in [5, 5.41) is -1.11. The Bertz CT molecular complexity index is 1180. The number of nitrogens with one attached hydrogen (secondary N) is 1. The summed E-state index contributed by atoms with van der Waals surface area (Å²) in [6.45, 7) is 3.74. The first-order valence-electron chi connectivity index (χ1n) is 9.50. The number of benzene rings is 2. The highest BCUT2D eigenvalue weighted by molar-refractivity contribution is 7.92. The van der Waals surface area contributed by atoms with Gasteiger partial charge in [-0.1, -0.05) is 50.2 Å². The average Bonchev–Trinajstić information content (AvgIpc) is 2.75. The van der Waals surface area contributed by atoms with Gasteiger partial charge in [-0.25, -0.2) is 21.6 Å². The molecule has 8 heteroatoms. The predicted octanol–water partition coefficient (Wildman–Crippen LogP) is 3.70. The van der Waals surface area contributed by atoms with Crippen molar-refractivity contribution in [3.8, 4) is 0 Å². The SMILES string of the molecule is CC(C)c1ccc(S(=O)(=O)NCC(c2cccnc2)S(=O)(=O)c2ccccc2)cc1. The molecule has 0 saturated heterocycles.